The highest BCUT2D eigenvalue weighted by Crippen LogP contribution is 2.38. The van der Waals surface area contributed by atoms with Crippen LogP contribution in [0.4, 0.5) is 0 Å². The lowest BCUT2D eigenvalue weighted by Crippen LogP contribution is -2.01. The van der Waals surface area contributed by atoms with Crippen molar-refractivity contribution in [2.24, 2.45) is 0 Å². The largest absolute Gasteiger partial charge is 0.493 e. The summed E-state index contributed by atoms with van der Waals surface area (Å²) in [4.78, 5) is 11.3. The maximum atomic E-state index is 11.3. The molecule has 4 nitrogen and oxygen atoms in total. The van der Waals surface area contributed by atoms with Gasteiger partial charge >= 0.3 is 0 Å². The molecule has 0 spiro atoms. The van der Waals surface area contributed by atoms with E-state index in [2.05, 4.69) is 0 Å². The molecule has 1 rings (SSSR count). The number of hydrogen-bond donors (Lipinski definition) is 0. The summed E-state index contributed by atoms with van der Waals surface area (Å²) in [6.45, 7) is 3.87. The van der Waals surface area contributed by atoms with E-state index in [0.29, 0.717) is 29.4 Å². The molecule has 0 amide bonds. The quantitative estimate of drug-likeness (QED) is 0.720. The fraction of sp³-hybridized carbons (Fsp3) is 0.417. The zero-order valence-corrected chi connectivity index (χ0v) is 9.99. The van der Waals surface area contributed by atoms with Crippen molar-refractivity contribution < 1.29 is 19.0 Å². The maximum Gasteiger partial charge on any atom is 0.203 e. The molecule has 4 heteroatoms. The fourth-order valence-electron chi connectivity index (χ4n) is 1.40. The third-order valence-electron chi connectivity index (χ3n) is 2.15. The summed E-state index contributed by atoms with van der Waals surface area (Å²) >= 11 is 0. The third-order valence-corrected chi connectivity index (χ3v) is 2.15. The summed E-state index contributed by atoms with van der Waals surface area (Å²) in [6, 6.07) is 3.30. The van der Waals surface area contributed by atoms with E-state index in [0.717, 1.165) is 0 Å². The van der Waals surface area contributed by atoms with Gasteiger partial charge in [0.05, 0.1) is 20.8 Å². The molecule has 0 saturated heterocycles. The summed E-state index contributed by atoms with van der Waals surface area (Å²) in [5.41, 5.74) is 0.543. The van der Waals surface area contributed by atoms with Gasteiger partial charge in [-0.25, -0.2) is 0 Å². The Hall–Kier alpha value is -1.71. The number of carbonyl (C=O) groups is 1. The van der Waals surface area contributed by atoms with Crippen LogP contribution < -0.4 is 14.2 Å². The van der Waals surface area contributed by atoms with Crippen LogP contribution >= 0.6 is 0 Å². The molecule has 0 atom stereocenters. The SMILES string of the molecule is CCOc1cc(C(C)=O)cc(OC)c1OC. The minimum Gasteiger partial charge on any atom is -0.493 e. The lowest BCUT2D eigenvalue weighted by atomic mass is 10.1. The van der Waals surface area contributed by atoms with Crippen molar-refractivity contribution in [1.29, 1.82) is 0 Å². The number of ether oxygens (including phenoxy) is 3. The van der Waals surface area contributed by atoms with Crippen molar-refractivity contribution >= 4 is 5.78 Å². The summed E-state index contributed by atoms with van der Waals surface area (Å²) < 4.78 is 15.8. The molecular weight excluding hydrogens is 208 g/mol. The fourth-order valence-corrected chi connectivity index (χ4v) is 1.40. The summed E-state index contributed by atoms with van der Waals surface area (Å²) in [5.74, 6) is 1.49. The van der Waals surface area contributed by atoms with Crippen molar-refractivity contribution in [1.82, 2.24) is 0 Å². The number of rotatable bonds is 5. The molecule has 1 aromatic carbocycles. The molecule has 0 unspecified atom stereocenters. The van der Waals surface area contributed by atoms with Crippen LogP contribution in [0.1, 0.15) is 24.2 Å². The Morgan fingerprint density at radius 1 is 1.19 bits per heavy atom. The van der Waals surface area contributed by atoms with Gasteiger partial charge in [-0.3, -0.25) is 4.79 Å². The van der Waals surface area contributed by atoms with Gasteiger partial charge in [0.2, 0.25) is 5.75 Å². The van der Waals surface area contributed by atoms with Crippen LogP contribution in [-0.2, 0) is 0 Å². The smallest absolute Gasteiger partial charge is 0.203 e. The Labute approximate surface area is 95.1 Å². The molecule has 0 saturated carbocycles. The van der Waals surface area contributed by atoms with E-state index in [1.165, 1.54) is 21.1 Å². The van der Waals surface area contributed by atoms with E-state index in [1.54, 1.807) is 12.1 Å². The molecule has 1 aromatic rings. The molecule has 16 heavy (non-hydrogen) atoms. The molecule has 0 aromatic heterocycles. The van der Waals surface area contributed by atoms with Gasteiger partial charge in [-0.1, -0.05) is 0 Å². The Balaban J connectivity index is 3.31. The second-order valence-electron chi connectivity index (χ2n) is 3.20. The van der Waals surface area contributed by atoms with E-state index < -0.39 is 0 Å². The molecule has 0 fully saturated rings. The molecule has 0 aliphatic rings. The number of benzene rings is 1. The standard InChI is InChI=1S/C12H16O4/c1-5-16-11-7-9(8(2)13)6-10(14-3)12(11)15-4/h6-7H,5H2,1-4H3. The predicted octanol–water partition coefficient (Wildman–Crippen LogP) is 2.31. The summed E-state index contributed by atoms with van der Waals surface area (Å²) in [7, 11) is 3.06. The highest BCUT2D eigenvalue weighted by atomic mass is 16.5. The molecule has 0 aliphatic heterocycles. The van der Waals surface area contributed by atoms with Crippen molar-refractivity contribution in [2.45, 2.75) is 13.8 Å². The number of methoxy groups -OCH3 is 2. The normalized spacial score (nSPS) is 9.75. The van der Waals surface area contributed by atoms with Gasteiger partial charge in [-0.15, -0.1) is 0 Å². The molecule has 88 valence electrons. The van der Waals surface area contributed by atoms with E-state index in [9.17, 15) is 4.79 Å². The first-order valence-corrected chi connectivity index (χ1v) is 5.03. The number of ketones is 1. The Morgan fingerprint density at radius 3 is 2.25 bits per heavy atom. The van der Waals surface area contributed by atoms with Gasteiger partial charge in [0.15, 0.2) is 17.3 Å². The van der Waals surface area contributed by atoms with Gasteiger partial charge in [-0.2, -0.15) is 0 Å². The first-order chi connectivity index (χ1) is 7.63. The van der Waals surface area contributed by atoms with Gasteiger partial charge in [0, 0.05) is 5.56 Å². The van der Waals surface area contributed by atoms with E-state index in [-0.39, 0.29) is 5.78 Å². The van der Waals surface area contributed by atoms with Crippen molar-refractivity contribution in [3.63, 3.8) is 0 Å². The molecule has 0 N–H and O–H groups in total. The first kappa shape index (κ1) is 12.4. The Kier molecular flexibility index (Phi) is 4.17. The molecule has 0 aliphatic carbocycles. The van der Waals surface area contributed by atoms with E-state index in [1.807, 2.05) is 6.92 Å². The zero-order valence-electron chi connectivity index (χ0n) is 9.99. The monoisotopic (exact) mass is 224 g/mol. The summed E-state index contributed by atoms with van der Waals surface area (Å²) in [5, 5.41) is 0. The zero-order chi connectivity index (χ0) is 12.1. The first-order valence-electron chi connectivity index (χ1n) is 5.03. The highest BCUT2D eigenvalue weighted by molar-refractivity contribution is 5.95. The molecule has 0 radical (unpaired) electrons. The van der Waals surface area contributed by atoms with Crippen molar-refractivity contribution in [3.8, 4) is 17.2 Å². The number of carbonyl (C=O) groups excluding carboxylic acids is 1. The second kappa shape index (κ2) is 5.39. The number of hydrogen-bond acceptors (Lipinski definition) is 4. The average Bonchev–Trinajstić information content (AvgIpc) is 2.28. The topological polar surface area (TPSA) is 44.8 Å². The van der Waals surface area contributed by atoms with E-state index >= 15 is 0 Å². The van der Waals surface area contributed by atoms with Crippen LogP contribution in [0, 0.1) is 0 Å². The number of Topliss-reactive ketones (excluding diaryl/α,β-unsaturated/α-hetero) is 1. The second-order valence-corrected chi connectivity index (χ2v) is 3.20. The van der Waals surface area contributed by atoms with Gasteiger partial charge in [0.1, 0.15) is 0 Å². The average molecular weight is 224 g/mol. The predicted molar refractivity (Wildman–Crippen MR) is 60.7 cm³/mol. The van der Waals surface area contributed by atoms with Crippen LogP contribution in [0.15, 0.2) is 12.1 Å². The Bertz CT molecular complexity index is 385. The van der Waals surface area contributed by atoms with Crippen LogP contribution in [-0.4, -0.2) is 26.6 Å². The minimum absolute atomic E-state index is 0.0399. The lowest BCUT2D eigenvalue weighted by molar-refractivity contribution is 0.101. The van der Waals surface area contributed by atoms with Crippen LogP contribution in [0.5, 0.6) is 17.2 Å². The Morgan fingerprint density at radius 2 is 1.81 bits per heavy atom. The van der Waals surface area contributed by atoms with Crippen LogP contribution in [0.3, 0.4) is 0 Å². The third kappa shape index (κ3) is 2.45. The summed E-state index contributed by atoms with van der Waals surface area (Å²) in [6.07, 6.45) is 0. The molecule has 0 bridgehead atoms. The highest BCUT2D eigenvalue weighted by Gasteiger charge is 2.15. The van der Waals surface area contributed by atoms with Gasteiger partial charge < -0.3 is 14.2 Å². The van der Waals surface area contributed by atoms with Crippen LogP contribution in [0.2, 0.25) is 0 Å². The minimum atomic E-state index is -0.0399. The maximum absolute atomic E-state index is 11.3. The van der Waals surface area contributed by atoms with E-state index in [4.69, 9.17) is 14.2 Å². The van der Waals surface area contributed by atoms with Crippen molar-refractivity contribution in [2.75, 3.05) is 20.8 Å². The van der Waals surface area contributed by atoms with Crippen molar-refractivity contribution in [3.05, 3.63) is 17.7 Å². The lowest BCUT2D eigenvalue weighted by Gasteiger charge is -2.14. The molecular formula is C12H16O4. The van der Waals surface area contributed by atoms with Gasteiger partial charge in [-0.05, 0) is 26.0 Å². The molecule has 0 heterocycles. The van der Waals surface area contributed by atoms with Gasteiger partial charge in [0.25, 0.3) is 0 Å². The van der Waals surface area contributed by atoms with Crippen LogP contribution in [0.25, 0.3) is 0 Å².